The normalized spacial score (nSPS) is 13.0. The third-order valence-corrected chi connectivity index (χ3v) is 12.5. The molecular weight excluding hydrogens is 899 g/mol. The second-order valence-electron chi connectivity index (χ2n) is 20.7. The first kappa shape index (κ1) is 45.7. The summed E-state index contributed by atoms with van der Waals surface area (Å²) in [6.45, 7) is 0. The van der Waals surface area contributed by atoms with Gasteiger partial charge in [0.1, 0.15) is 22.7 Å². The SMILES string of the molecule is C[N+](C)(C)c1ccc(-c2c3nc(c(-c4ccc([N+](C)(C)C)cc4)c4ccc([nH]4)c(-c4ccc([N+](C)(C)C)cc4)c4ccc([nH]4)c(-c4ccc([N+](C)(C)C)cc4)c4nc2C=C4)C=C3)cc1.[In+3]. The number of quaternary nitrogens is 4. The molecule has 322 valence electrons. The molecule has 0 spiro atoms. The second-order valence-corrected chi connectivity index (χ2v) is 20.7. The maximum atomic E-state index is 5.53. The third-order valence-electron chi connectivity index (χ3n) is 12.5. The summed E-state index contributed by atoms with van der Waals surface area (Å²) < 4.78 is 2.91. The molecule has 8 nitrogen and oxygen atoms in total. The fourth-order valence-electron chi connectivity index (χ4n) is 8.72. The summed E-state index contributed by atoms with van der Waals surface area (Å²) in [5.41, 5.74) is 20.9. The van der Waals surface area contributed by atoms with Gasteiger partial charge in [0.2, 0.25) is 0 Å². The van der Waals surface area contributed by atoms with Crippen molar-refractivity contribution in [1.82, 2.24) is 37.9 Å². The van der Waals surface area contributed by atoms with E-state index in [1.165, 1.54) is 22.7 Å². The van der Waals surface area contributed by atoms with Crippen LogP contribution in [0, 0.1) is 0 Å². The quantitative estimate of drug-likeness (QED) is 0.149. The summed E-state index contributed by atoms with van der Waals surface area (Å²) in [5.74, 6) is 0. The molecule has 65 heavy (non-hydrogen) atoms. The van der Waals surface area contributed by atoms with Gasteiger partial charge in [-0.25, -0.2) is 9.97 Å². The van der Waals surface area contributed by atoms with Gasteiger partial charge in [-0.15, -0.1) is 0 Å². The zero-order chi connectivity index (χ0) is 45.3. The van der Waals surface area contributed by atoms with Gasteiger partial charge in [-0.2, -0.15) is 0 Å². The summed E-state index contributed by atoms with van der Waals surface area (Å²) in [6.07, 6.45) is 8.65. The Labute approximate surface area is 403 Å². The van der Waals surface area contributed by atoms with E-state index in [4.69, 9.17) is 9.97 Å². The summed E-state index contributed by atoms with van der Waals surface area (Å²) in [7, 11) is 26.4. The molecule has 0 aliphatic carbocycles. The molecule has 8 bridgehead atoms. The van der Waals surface area contributed by atoms with E-state index in [1.807, 2.05) is 0 Å². The fourth-order valence-corrected chi connectivity index (χ4v) is 8.72. The van der Waals surface area contributed by atoms with Crippen LogP contribution in [0.25, 0.3) is 90.9 Å². The standard InChI is InChI=1S/C56H62N8.In/c1-61(2,3)41-21-13-37(14-22-41)53-45-29-31-47(57-45)54(38-15-23-42(24-16-38)62(4,5)6)49-33-35-51(59-49)56(40-19-27-44(28-20-40)64(10,11)12)52-36-34-50(60-52)55(48-32-30-46(53)58-48)39-17-25-43(26-18-39)63(7,8)9;/h13-36,57-58H,1-12H3;/q+4;+3. The van der Waals surface area contributed by atoms with Crippen molar-refractivity contribution in [3.05, 3.63) is 144 Å². The van der Waals surface area contributed by atoms with E-state index in [1.54, 1.807) is 0 Å². The van der Waals surface area contributed by atoms with E-state index in [0.29, 0.717) is 0 Å². The number of rotatable bonds is 8. The maximum Gasteiger partial charge on any atom is 3.00 e. The van der Waals surface area contributed by atoms with Gasteiger partial charge in [0.25, 0.3) is 0 Å². The first-order valence-electron chi connectivity index (χ1n) is 22.1. The van der Waals surface area contributed by atoms with Gasteiger partial charge in [0, 0.05) is 44.3 Å². The molecule has 2 N–H and O–H groups in total. The van der Waals surface area contributed by atoms with E-state index in [0.717, 1.165) is 107 Å². The van der Waals surface area contributed by atoms with Gasteiger partial charge in [0.05, 0.1) is 107 Å². The average Bonchev–Trinajstić information content (AvgIpc) is 4.08. The number of hydrogen-bond acceptors (Lipinski definition) is 2. The van der Waals surface area contributed by atoms with E-state index in [-0.39, 0.29) is 25.8 Å². The molecule has 2 aliphatic heterocycles. The van der Waals surface area contributed by atoms with Gasteiger partial charge in [-0.1, -0.05) is 0 Å². The Morgan fingerprint density at radius 3 is 0.754 bits per heavy atom. The number of hydrogen-bond donors (Lipinski definition) is 2. The minimum absolute atomic E-state index is 0. The molecule has 0 atom stereocenters. The Balaban J connectivity index is 0.00000576. The minimum atomic E-state index is 0. The van der Waals surface area contributed by atoms with E-state index < -0.39 is 0 Å². The molecule has 9 heteroatoms. The minimum Gasteiger partial charge on any atom is -0.354 e. The van der Waals surface area contributed by atoms with Crippen LogP contribution in [0.5, 0.6) is 0 Å². The molecule has 4 aromatic carbocycles. The van der Waals surface area contributed by atoms with Gasteiger partial charge in [-0.05, 0) is 168 Å². The smallest absolute Gasteiger partial charge is 0.354 e. The van der Waals surface area contributed by atoms with Crippen LogP contribution in [0.15, 0.2) is 121 Å². The van der Waals surface area contributed by atoms with Crippen LogP contribution < -0.4 is 17.9 Å². The number of fused-ring (bicyclic) bond motifs is 8. The molecule has 0 amide bonds. The van der Waals surface area contributed by atoms with Gasteiger partial charge >= 0.3 is 25.8 Å². The summed E-state index contributed by atoms with van der Waals surface area (Å²) in [6, 6.07) is 44.6. The van der Waals surface area contributed by atoms with Crippen molar-refractivity contribution in [3.63, 3.8) is 0 Å². The average molecular weight is 962 g/mol. The molecule has 2 aliphatic rings. The molecule has 0 saturated carbocycles. The van der Waals surface area contributed by atoms with Crippen molar-refractivity contribution < 1.29 is 0 Å². The van der Waals surface area contributed by atoms with Crippen LogP contribution in [-0.2, 0) is 0 Å². The van der Waals surface area contributed by atoms with Crippen molar-refractivity contribution in [1.29, 1.82) is 0 Å². The largest absolute Gasteiger partial charge is 3.00 e. The molecule has 7 aromatic rings. The van der Waals surface area contributed by atoms with Crippen LogP contribution in [0.1, 0.15) is 22.8 Å². The Kier molecular flexibility index (Phi) is 11.9. The molecule has 3 aromatic heterocycles. The number of nitrogens with zero attached hydrogens (tertiary/aromatic N) is 6. The number of H-pyrrole nitrogens is 2. The Hall–Kier alpha value is -5.81. The van der Waals surface area contributed by atoms with Crippen molar-refractivity contribution >= 4 is 95.0 Å². The molecule has 0 saturated heterocycles. The zero-order valence-electron chi connectivity index (χ0n) is 40.1. The predicted molar refractivity (Wildman–Crippen MR) is 285 cm³/mol. The van der Waals surface area contributed by atoms with Gasteiger partial charge in [0.15, 0.2) is 0 Å². The monoisotopic (exact) mass is 961 g/mol. The third kappa shape index (κ3) is 9.09. The number of benzene rings is 4. The zero-order valence-corrected chi connectivity index (χ0v) is 43.4. The van der Waals surface area contributed by atoms with Gasteiger partial charge < -0.3 is 9.97 Å². The Bertz CT molecular complexity index is 2990. The predicted octanol–water partition coefficient (Wildman–Crippen LogP) is 11.7. The summed E-state index contributed by atoms with van der Waals surface area (Å²) in [5, 5.41) is 0. The summed E-state index contributed by atoms with van der Waals surface area (Å²) >= 11 is 0. The van der Waals surface area contributed by atoms with Crippen molar-refractivity contribution in [2.24, 2.45) is 0 Å². The molecule has 9 rings (SSSR count). The van der Waals surface area contributed by atoms with Crippen molar-refractivity contribution in [3.8, 4) is 44.5 Å². The Morgan fingerprint density at radius 1 is 0.277 bits per heavy atom. The van der Waals surface area contributed by atoms with Gasteiger partial charge in [-0.3, -0.25) is 17.9 Å². The fraction of sp³-hybridized carbons (Fsp3) is 0.214. The second kappa shape index (κ2) is 16.9. The van der Waals surface area contributed by atoms with Crippen molar-refractivity contribution in [2.45, 2.75) is 0 Å². The molecule has 0 fully saturated rings. The van der Waals surface area contributed by atoms with Crippen LogP contribution in [0.3, 0.4) is 0 Å². The van der Waals surface area contributed by atoms with E-state index in [2.05, 4.69) is 240 Å². The molecular formula is C56H62InN8+7. The number of aromatic nitrogens is 4. The molecule has 5 heterocycles. The Morgan fingerprint density at radius 2 is 0.492 bits per heavy atom. The van der Waals surface area contributed by atoms with Crippen molar-refractivity contribution in [2.75, 3.05) is 84.6 Å². The topological polar surface area (TPSA) is 57.4 Å². The van der Waals surface area contributed by atoms with Crippen LogP contribution in [0.2, 0.25) is 0 Å². The van der Waals surface area contributed by atoms with Crippen LogP contribution >= 0.6 is 0 Å². The van der Waals surface area contributed by atoms with Crippen LogP contribution in [0.4, 0.5) is 22.7 Å². The number of nitrogens with one attached hydrogen (secondary N) is 2. The maximum absolute atomic E-state index is 5.53. The molecule has 0 radical (unpaired) electrons. The van der Waals surface area contributed by atoms with Crippen LogP contribution in [-0.4, -0.2) is 130 Å². The summed E-state index contributed by atoms with van der Waals surface area (Å²) in [4.78, 5) is 18.9. The number of aromatic amines is 2. The first-order chi connectivity index (χ1) is 30.2. The molecule has 0 unspecified atom stereocenters. The first-order valence-corrected chi connectivity index (χ1v) is 22.1. The van der Waals surface area contributed by atoms with E-state index >= 15 is 0 Å². The van der Waals surface area contributed by atoms with E-state index in [9.17, 15) is 0 Å².